The summed E-state index contributed by atoms with van der Waals surface area (Å²) in [5, 5.41) is 38.2. The van der Waals surface area contributed by atoms with E-state index in [2.05, 4.69) is 20.2 Å². The van der Waals surface area contributed by atoms with Crippen molar-refractivity contribution in [1.29, 1.82) is 0 Å². The van der Waals surface area contributed by atoms with E-state index in [0.29, 0.717) is 22.7 Å². The molecule has 3 aromatic rings. The smallest absolute Gasteiger partial charge is 0.191 e. The summed E-state index contributed by atoms with van der Waals surface area (Å²) < 4.78 is 9.02. The molecular formula is C16H20N6O4. The Kier molecular flexibility index (Phi) is 3.67. The highest BCUT2D eigenvalue weighted by atomic mass is 16.6. The topological polar surface area (TPSA) is 131 Å². The summed E-state index contributed by atoms with van der Waals surface area (Å²) in [7, 11) is 0. The van der Waals surface area contributed by atoms with Crippen LogP contribution >= 0.6 is 0 Å². The number of imidazole rings is 1. The Balaban J connectivity index is 1.58. The van der Waals surface area contributed by atoms with Crippen LogP contribution in [-0.2, 0) is 4.74 Å². The monoisotopic (exact) mass is 360 g/mol. The van der Waals surface area contributed by atoms with Crippen LogP contribution in [0.15, 0.2) is 12.7 Å². The summed E-state index contributed by atoms with van der Waals surface area (Å²) >= 11 is 0. The van der Waals surface area contributed by atoms with E-state index in [-0.39, 0.29) is 6.61 Å². The minimum Gasteiger partial charge on any atom is -0.394 e. The van der Waals surface area contributed by atoms with Gasteiger partial charge >= 0.3 is 0 Å². The summed E-state index contributed by atoms with van der Waals surface area (Å²) in [5.74, 6) is 1.31. The molecule has 5 rings (SSSR count). The molecule has 1 saturated heterocycles. The number of rotatable bonds is 3. The third-order valence-electron chi connectivity index (χ3n) is 5.51. The van der Waals surface area contributed by atoms with Gasteiger partial charge in [-0.25, -0.2) is 9.97 Å². The molecule has 3 aromatic heterocycles. The molecule has 1 aliphatic heterocycles. The normalized spacial score (nSPS) is 30.1. The molecule has 10 heteroatoms. The largest absolute Gasteiger partial charge is 0.394 e. The Morgan fingerprint density at radius 3 is 2.58 bits per heavy atom. The van der Waals surface area contributed by atoms with Gasteiger partial charge < -0.3 is 20.1 Å². The predicted octanol–water partition coefficient (Wildman–Crippen LogP) is -0.257. The second kappa shape index (κ2) is 5.95. The number of aliphatic hydroxyl groups is 3. The molecular weight excluding hydrogens is 340 g/mol. The zero-order valence-corrected chi connectivity index (χ0v) is 14.0. The molecule has 2 aliphatic rings. The Morgan fingerprint density at radius 2 is 1.85 bits per heavy atom. The second-order valence-electron chi connectivity index (χ2n) is 7.03. The lowest BCUT2D eigenvalue weighted by Crippen LogP contribution is -2.33. The van der Waals surface area contributed by atoms with Gasteiger partial charge in [0.25, 0.3) is 0 Å². The number of hydrogen-bond acceptors (Lipinski definition) is 8. The molecule has 4 heterocycles. The minimum absolute atomic E-state index is 0.381. The van der Waals surface area contributed by atoms with Gasteiger partial charge in [0.2, 0.25) is 0 Å². The van der Waals surface area contributed by atoms with E-state index in [9.17, 15) is 15.3 Å². The molecule has 0 unspecified atom stereocenters. The SMILES string of the molecule is OC[C@H]1O[C@@H](n2cnc3c2ncn2c(C4CCCC4)nnc32)[C@H](O)[C@@H]1O. The van der Waals surface area contributed by atoms with Crippen LogP contribution < -0.4 is 0 Å². The molecule has 26 heavy (non-hydrogen) atoms. The lowest BCUT2D eigenvalue weighted by atomic mass is 10.1. The third kappa shape index (κ3) is 2.19. The highest BCUT2D eigenvalue weighted by Gasteiger charge is 2.44. The van der Waals surface area contributed by atoms with E-state index in [1.807, 2.05) is 4.40 Å². The number of hydrogen-bond donors (Lipinski definition) is 3. The van der Waals surface area contributed by atoms with Crippen LogP contribution in [0, 0.1) is 0 Å². The summed E-state index contributed by atoms with van der Waals surface area (Å²) in [6, 6.07) is 0. The fourth-order valence-electron chi connectivity index (χ4n) is 4.09. The summed E-state index contributed by atoms with van der Waals surface area (Å²) in [5.41, 5.74) is 1.65. The van der Waals surface area contributed by atoms with Crippen LogP contribution in [0.1, 0.15) is 43.7 Å². The molecule has 2 fully saturated rings. The standard InChI is InChI=1S/C16H20N6O4/c23-5-9-11(24)12(25)16(26-9)22-6-17-10-14(22)18-7-21-13(19-20-15(10)21)8-3-1-2-4-8/h6-9,11-12,16,23-25H,1-5H2/t9-,11-,12-,16-/m1/s1. The van der Waals surface area contributed by atoms with Crippen molar-refractivity contribution >= 4 is 16.8 Å². The Hall–Kier alpha value is -2.14. The molecule has 4 atom stereocenters. The molecule has 138 valence electrons. The van der Waals surface area contributed by atoms with Gasteiger partial charge in [-0.1, -0.05) is 12.8 Å². The van der Waals surface area contributed by atoms with Gasteiger partial charge in [-0.05, 0) is 12.8 Å². The fraction of sp³-hybridized carbons (Fsp3) is 0.625. The highest BCUT2D eigenvalue weighted by molar-refractivity contribution is 5.85. The molecule has 1 aliphatic carbocycles. The van der Waals surface area contributed by atoms with E-state index in [1.54, 1.807) is 10.9 Å². The van der Waals surface area contributed by atoms with Gasteiger partial charge in [0.15, 0.2) is 23.0 Å². The molecule has 0 amide bonds. The van der Waals surface area contributed by atoms with Crippen molar-refractivity contribution in [2.45, 2.75) is 56.1 Å². The van der Waals surface area contributed by atoms with Crippen LogP contribution in [-0.4, -0.2) is 69.4 Å². The Morgan fingerprint density at radius 1 is 1.04 bits per heavy atom. The summed E-state index contributed by atoms with van der Waals surface area (Å²) in [6.45, 7) is -0.381. The first kappa shape index (κ1) is 16.1. The van der Waals surface area contributed by atoms with Crippen LogP contribution in [0.5, 0.6) is 0 Å². The van der Waals surface area contributed by atoms with E-state index in [1.165, 1.54) is 19.2 Å². The maximum atomic E-state index is 10.3. The highest BCUT2D eigenvalue weighted by Crippen LogP contribution is 2.35. The van der Waals surface area contributed by atoms with Crippen LogP contribution in [0.2, 0.25) is 0 Å². The average Bonchev–Trinajstić information content (AvgIpc) is 3.41. The predicted molar refractivity (Wildman–Crippen MR) is 88.3 cm³/mol. The number of aliphatic hydroxyl groups excluding tert-OH is 3. The summed E-state index contributed by atoms with van der Waals surface area (Å²) in [6.07, 6.45) is 3.71. The number of ether oxygens (including phenoxy) is 1. The van der Waals surface area contributed by atoms with Crippen LogP contribution in [0.4, 0.5) is 0 Å². The van der Waals surface area contributed by atoms with Crippen molar-refractivity contribution in [2.24, 2.45) is 0 Å². The lowest BCUT2D eigenvalue weighted by molar-refractivity contribution is -0.0511. The van der Waals surface area contributed by atoms with Gasteiger partial charge in [-0.2, -0.15) is 0 Å². The number of aromatic nitrogens is 6. The van der Waals surface area contributed by atoms with Crippen molar-refractivity contribution in [1.82, 2.24) is 29.1 Å². The van der Waals surface area contributed by atoms with E-state index in [4.69, 9.17) is 4.74 Å². The van der Waals surface area contributed by atoms with Crippen molar-refractivity contribution < 1.29 is 20.1 Å². The molecule has 3 N–H and O–H groups in total. The van der Waals surface area contributed by atoms with E-state index in [0.717, 1.165) is 18.7 Å². The van der Waals surface area contributed by atoms with Gasteiger partial charge in [-0.3, -0.25) is 8.97 Å². The first-order chi connectivity index (χ1) is 12.7. The van der Waals surface area contributed by atoms with Gasteiger partial charge in [-0.15, -0.1) is 10.2 Å². The van der Waals surface area contributed by atoms with Crippen LogP contribution in [0.25, 0.3) is 16.8 Å². The number of fused-ring (bicyclic) bond motifs is 3. The first-order valence-electron chi connectivity index (χ1n) is 8.87. The molecule has 1 saturated carbocycles. The molecule has 0 bridgehead atoms. The molecule has 0 spiro atoms. The Labute approximate surface area is 148 Å². The molecule has 0 aromatic carbocycles. The van der Waals surface area contributed by atoms with Gasteiger partial charge in [0.05, 0.1) is 12.9 Å². The third-order valence-corrected chi connectivity index (χ3v) is 5.51. The van der Waals surface area contributed by atoms with Crippen molar-refractivity contribution in [3.05, 3.63) is 18.5 Å². The van der Waals surface area contributed by atoms with Crippen LogP contribution in [0.3, 0.4) is 0 Å². The van der Waals surface area contributed by atoms with Crippen molar-refractivity contribution in [2.75, 3.05) is 6.61 Å². The average molecular weight is 360 g/mol. The fourth-order valence-corrected chi connectivity index (χ4v) is 4.09. The van der Waals surface area contributed by atoms with Gasteiger partial charge in [0, 0.05) is 5.92 Å². The molecule has 0 radical (unpaired) electrons. The maximum absolute atomic E-state index is 10.3. The second-order valence-corrected chi connectivity index (χ2v) is 7.03. The Bertz CT molecular complexity index is 949. The first-order valence-corrected chi connectivity index (χ1v) is 8.87. The molecule has 10 nitrogen and oxygen atoms in total. The zero-order valence-electron chi connectivity index (χ0n) is 14.0. The van der Waals surface area contributed by atoms with E-state index >= 15 is 0 Å². The number of nitrogens with zero attached hydrogens (tertiary/aromatic N) is 6. The van der Waals surface area contributed by atoms with E-state index < -0.39 is 24.5 Å². The van der Waals surface area contributed by atoms with Crippen molar-refractivity contribution in [3.63, 3.8) is 0 Å². The summed E-state index contributed by atoms with van der Waals surface area (Å²) in [4.78, 5) is 8.86. The van der Waals surface area contributed by atoms with Gasteiger partial charge in [0.1, 0.15) is 30.5 Å². The quantitative estimate of drug-likeness (QED) is 0.582. The lowest BCUT2D eigenvalue weighted by Gasteiger charge is -2.16. The zero-order chi connectivity index (χ0) is 17.8. The van der Waals surface area contributed by atoms with Crippen molar-refractivity contribution in [3.8, 4) is 0 Å². The minimum atomic E-state index is -1.19. The maximum Gasteiger partial charge on any atom is 0.191 e.